The Morgan fingerprint density at radius 2 is 1.73 bits per heavy atom. The molecule has 1 fully saturated rings. The van der Waals surface area contributed by atoms with Crippen LogP contribution in [0.25, 0.3) is 0 Å². The zero-order valence-electron chi connectivity index (χ0n) is 9.96. The zero-order valence-corrected chi connectivity index (χ0v) is 10.7. The lowest BCUT2D eigenvalue weighted by atomic mass is 10.2. The molecule has 0 radical (unpaired) electrons. The average Bonchev–Trinajstić information content (AvgIpc) is 2.19. The number of likely N-dealkylation sites (N-methyl/N-ethyl adjacent to an activating group) is 1. The molecule has 15 heavy (non-hydrogen) atoms. The van der Waals surface area contributed by atoms with E-state index in [-0.39, 0.29) is 0 Å². The molecular weight excluding hydrogens is 208 g/mol. The van der Waals surface area contributed by atoms with Gasteiger partial charge in [0.05, 0.1) is 0 Å². The molecule has 3 heteroatoms. The first-order chi connectivity index (χ1) is 7.08. The van der Waals surface area contributed by atoms with Crippen LogP contribution in [0.1, 0.15) is 13.8 Å². The van der Waals surface area contributed by atoms with Gasteiger partial charge in [0.2, 0.25) is 0 Å². The second-order valence-corrected chi connectivity index (χ2v) is 4.94. The number of rotatable bonds is 3. The molecule has 0 aromatic heterocycles. The molecule has 0 atom stereocenters. The molecule has 1 aliphatic heterocycles. The summed E-state index contributed by atoms with van der Waals surface area (Å²) in [6.07, 6.45) is 4.08. The highest BCUT2D eigenvalue weighted by molar-refractivity contribution is 6.29. The summed E-state index contributed by atoms with van der Waals surface area (Å²) in [5, 5.41) is 0.840. The van der Waals surface area contributed by atoms with Crippen molar-refractivity contribution in [1.29, 1.82) is 0 Å². The molecular formula is C12H21ClN2. The van der Waals surface area contributed by atoms with Crippen LogP contribution >= 0.6 is 11.6 Å². The monoisotopic (exact) mass is 228 g/mol. The van der Waals surface area contributed by atoms with Gasteiger partial charge in [-0.3, -0.25) is 4.90 Å². The van der Waals surface area contributed by atoms with Crippen molar-refractivity contribution < 1.29 is 0 Å². The molecule has 0 aliphatic carbocycles. The Labute approximate surface area is 98.2 Å². The van der Waals surface area contributed by atoms with E-state index in [0.29, 0.717) is 0 Å². The minimum atomic E-state index is 0.840. The Bertz CT molecular complexity index is 246. The van der Waals surface area contributed by atoms with E-state index in [4.69, 9.17) is 11.6 Å². The van der Waals surface area contributed by atoms with Crippen LogP contribution in [0.15, 0.2) is 22.8 Å². The lowest BCUT2D eigenvalue weighted by Crippen LogP contribution is -2.44. The van der Waals surface area contributed by atoms with Crippen molar-refractivity contribution in [3.05, 3.63) is 22.8 Å². The molecule has 1 saturated heterocycles. The van der Waals surface area contributed by atoms with Crippen molar-refractivity contribution in [1.82, 2.24) is 9.80 Å². The van der Waals surface area contributed by atoms with E-state index in [1.54, 1.807) is 0 Å². The van der Waals surface area contributed by atoms with Gasteiger partial charge in [0.15, 0.2) is 0 Å². The lowest BCUT2D eigenvalue weighted by Gasteiger charge is -2.32. The molecule has 0 aromatic rings. The fourth-order valence-electron chi connectivity index (χ4n) is 1.67. The SMILES string of the molecule is C/C(Cl)=C\C=C(/C)CN1CCN(C)CC1. The Hall–Kier alpha value is -0.310. The maximum absolute atomic E-state index is 5.78. The van der Waals surface area contributed by atoms with E-state index < -0.39 is 0 Å². The van der Waals surface area contributed by atoms with Gasteiger partial charge in [-0.15, -0.1) is 0 Å². The molecule has 0 N–H and O–H groups in total. The Morgan fingerprint density at radius 1 is 1.13 bits per heavy atom. The summed E-state index contributed by atoms with van der Waals surface area (Å²) >= 11 is 5.78. The average molecular weight is 229 g/mol. The summed E-state index contributed by atoms with van der Waals surface area (Å²) in [6, 6.07) is 0. The van der Waals surface area contributed by atoms with Gasteiger partial charge in [0.1, 0.15) is 0 Å². The number of hydrogen-bond donors (Lipinski definition) is 0. The third kappa shape index (κ3) is 5.36. The van der Waals surface area contributed by atoms with Crippen LogP contribution in [0.4, 0.5) is 0 Å². The standard InChI is InChI=1S/C12H21ClN2/c1-11(4-5-12(2)13)10-15-8-6-14(3)7-9-15/h4-5H,6-10H2,1-3H3/b11-4+,12-5+. The third-order valence-electron chi connectivity index (χ3n) is 2.67. The van der Waals surface area contributed by atoms with Crippen LogP contribution in [0.5, 0.6) is 0 Å². The Balaban J connectivity index is 2.35. The number of halogens is 1. The van der Waals surface area contributed by atoms with Crippen LogP contribution in [0.2, 0.25) is 0 Å². The number of hydrogen-bond acceptors (Lipinski definition) is 2. The van der Waals surface area contributed by atoms with Crippen molar-refractivity contribution in [2.24, 2.45) is 0 Å². The molecule has 0 unspecified atom stereocenters. The van der Waals surface area contributed by atoms with Crippen molar-refractivity contribution in [3.63, 3.8) is 0 Å². The highest BCUT2D eigenvalue weighted by Gasteiger charge is 2.12. The second-order valence-electron chi connectivity index (χ2n) is 4.35. The van der Waals surface area contributed by atoms with E-state index in [1.165, 1.54) is 31.8 Å². The number of piperazine rings is 1. The molecule has 1 rings (SSSR count). The molecule has 0 spiro atoms. The molecule has 1 aliphatic rings. The Morgan fingerprint density at radius 3 is 2.27 bits per heavy atom. The maximum Gasteiger partial charge on any atom is 0.0194 e. The second kappa shape index (κ2) is 6.31. The molecule has 0 bridgehead atoms. The van der Waals surface area contributed by atoms with Crippen molar-refractivity contribution in [2.45, 2.75) is 13.8 Å². The fraction of sp³-hybridized carbons (Fsp3) is 0.667. The molecule has 0 aromatic carbocycles. The summed E-state index contributed by atoms with van der Waals surface area (Å²) in [5.74, 6) is 0. The van der Waals surface area contributed by atoms with Gasteiger partial charge in [-0.2, -0.15) is 0 Å². The maximum atomic E-state index is 5.78. The highest BCUT2D eigenvalue weighted by atomic mass is 35.5. The normalized spacial score (nSPS) is 22.1. The first kappa shape index (κ1) is 12.8. The summed E-state index contributed by atoms with van der Waals surface area (Å²) in [4.78, 5) is 4.86. The molecule has 1 heterocycles. The van der Waals surface area contributed by atoms with E-state index in [9.17, 15) is 0 Å². The molecule has 0 saturated carbocycles. The summed E-state index contributed by atoms with van der Waals surface area (Å²) in [5.41, 5.74) is 1.37. The summed E-state index contributed by atoms with van der Waals surface area (Å²) in [7, 11) is 2.18. The number of nitrogens with zero attached hydrogens (tertiary/aromatic N) is 2. The quantitative estimate of drug-likeness (QED) is 0.685. The highest BCUT2D eigenvalue weighted by Crippen LogP contribution is 2.05. The van der Waals surface area contributed by atoms with Crippen molar-refractivity contribution in [3.8, 4) is 0 Å². The molecule has 0 amide bonds. The topological polar surface area (TPSA) is 6.48 Å². The van der Waals surface area contributed by atoms with Crippen LogP contribution in [-0.4, -0.2) is 49.6 Å². The van der Waals surface area contributed by atoms with E-state index in [1.807, 2.05) is 13.0 Å². The fourth-order valence-corrected chi connectivity index (χ4v) is 1.73. The van der Waals surface area contributed by atoms with E-state index in [2.05, 4.69) is 29.8 Å². The van der Waals surface area contributed by atoms with Crippen molar-refractivity contribution in [2.75, 3.05) is 39.8 Å². The van der Waals surface area contributed by atoms with Gasteiger partial charge in [0.25, 0.3) is 0 Å². The van der Waals surface area contributed by atoms with Gasteiger partial charge in [-0.1, -0.05) is 23.3 Å². The van der Waals surface area contributed by atoms with Crippen molar-refractivity contribution >= 4 is 11.6 Å². The largest absolute Gasteiger partial charge is 0.304 e. The van der Waals surface area contributed by atoms with E-state index in [0.717, 1.165) is 11.6 Å². The van der Waals surface area contributed by atoms with Crippen LogP contribution in [0, 0.1) is 0 Å². The third-order valence-corrected chi connectivity index (χ3v) is 2.79. The lowest BCUT2D eigenvalue weighted by molar-refractivity contribution is 0.164. The zero-order chi connectivity index (χ0) is 11.3. The van der Waals surface area contributed by atoms with Gasteiger partial charge in [-0.05, 0) is 27.0 Å². The predicted octanol–water partition coefficient (Wildman–Crippen LogP) is 2.32. The predicted molar refractivity (Wildman–Crippen MR) is 67.3 cm³/mol. The van der Waals surface area contributed by atoms with Crippen LogP contribution < -0.4 is 0 Å². The minimum Gasteiger partial charge on any atom is -0.304 e. The minimum absolute atomic E-state index is 0.840. The first-order valence-electron chi connectivity index (χ1n) is 5.48. The smallest absolute Gasteiger partial charge is 0.0194 e. The summed E-state index contributed by atoms with van der Waals surface area (Å²) < 4.78 is 0. The van der Waals surface area contributed by atoms with Crippen LogP contribution in [0.3, 0.4) is 0 Å². The van der Waals surface area contributed by atoms with Gasteiger partial charge in [0, 0.05) is 37.8 Å². The molecule has 2 nitrogen and oxygen atoms in total. The summed E-state index contributed by atoms with van der Waals surface area (Å²) in [6.45, 7) is 9.83. The first-order valence-corrected chi connectivity index (χ1v) is 5.86. The van der Waals surface area contributed by atoms with Crippen LogP contribution in [-0.2, 0) is 0 Å². The van der Waals surface area contributed by atoms with Gasteiger partial charge < -0.3 is 4.90 Å². The van der Waals surface area contributed by atoms with Gasteiger partial charge in [-0.25, -0.2) is 0 Å². The number of allylic oxidation sites excluding steroid dienone is 3. The molecule has 86 valence electrons. The Kier molecular flexibility index (Phi) is 5.37. The van der Waals surface area contributed by atoms with Gasteiger partial charge >= 0.3 is 0 Å². The van der Waals surface area contributed by atoms with E-state index >= 15 is 0 Å².